The summed E-state index contributed by atoms with van der Waals surface area (Å²) >= 11 is -1.94. The molecule has 0 bridgehead atoms. The summed E-state index contributed by atoms with van der Waals surface area (Å²) < 4.78 is 53.2. The summed E-state index contributed by atoms with van der Waals surface area (Å²) in [5.41, 5.74) is 2.17. The van der Waals surface area contributed by atoms with Gasteiger partial charge in [0, 0.05) is 5.56 Å². The van der Waals surface area contributed by atoms with Crippen LogP contribution in [0.4, 0.5) is 8.78 Å². The van der Waals surface area contributed by atoms with E-state index in [-0.39, 0.29) is 11.4 Å². The normalized spacial score (nSPS) is 12.3. The van der Waals surface area contributed by atoms with Crippen molar-refractivity contribution in [3.8, 4) is 22.7 Å². The second-order valence-corrected chi connectivity index (χ2v) is 6.69. The minimum Gasteiger partial charge on any atom is -0.494 e. The number of ether oxygens (including phenoxy) is 1. The zero-order chi connectivity index (χ0) is 19.4. The molecule has 5 nitrogen and oxygen atoms in total. The standard InChI is InChI=1S/C19H18F2N2O3S/c1-2-26-16-9-7-15(8-10-16)23-18(11-17(22-23)19(20)21)14-5-3-13(4-6-14)12-27(24)25/h3-11,19H,2,12H2,1H3,(H,24,25). The summed E-state index contributed by atoms with van der Waals surface area (Å²) in [6.07, 6.45) is -2.69. The van der Waals surface area contributed by atoms with Crippen LogP contribution in [-0.2, 0) is 16.8 Å². The number of aromatic nitrogens is 2. The van der Waals surface area contributed by atoms with Gasteiger partial charge in [-0.3, -0.25) is 0 Å². The first-order valence-electron chi connectivity index (χ1n) is 8.26. The molecule has 0 aliphatic heterocycles. The Labute approximate surface area is 157 Å². The number of hydrogen-bond acceptors (Lipinski definition) is 3. The fourth-order valence-corrected chi connectivity index (χ4v) is 3.15. The molecule has 2 aromatic carbocycles. The van der Waals surface area contributed by atoms with E-state index in [1.807, 2.05) is 6.92 Å². The van der Waals surface area contributed by atoms with Crippen molar-refractivity contribution < 1.29 is 22.3 Å². The molecule has 0 fully saturated rings. The molecule has 0 amide bonds. The van der Waals surface area contributed by atoms with E-state index < -0.39 is 17.5 Å². The van der Waals surface area contributed by atoms with E-state index in [0.29, 0.717) is 34.9 Å². The monoisotopic (exact) mass is 392 g/mol. The summed E-state index contributed by atoms with van der Waals surface area (Å²) in [5, 5.41) is 4.04. The van der Waals surface area contributed by atoms with E-state index in [9.17, 15) is 13.0 Å². The van der Waals surface area contributed by atoms with Gasteiger partial charge in [-0.1, -0.05) is 24.3 Å². The van der Waals surface area contributed by atoms with E-state index in [1.54, 1.807) is 48.5 Å². The van der Waals surface area contributed by atoms with Crippen LogP contribution < -0.4 is 4.74 Å². The second-order valence-electron chi connectivity index (χ2n) is 5.76. The van der Waals surface area contributed by atoms with Crippen LogP contribution in [-0.4, -0.2) is 25.1 Å². The summed E-state index contributed by atoms with van der Waals surface area (Å²) in [4.78, 5) is 0. The smallest absolute Gasteiger partial charge is 0.282 e. The number of halogens is 2. The fourth-order valence-electron chi connectivity index (χ4n) is 2.67. The molecule has 142 valence electrons. The lowest BCUT2D eigenvalue weighted by atomic mass is 10.1. The molecule has 27 heavy (non-hydrogen) atoms. The van der Waals surface area contributed by atoms with Crippen molar-refractivity contribution in [1.82, 2.24) is 9.78 Å². The van der Waals surface area contributed by atoms with Crippen molar-refractivity contribution in [2.24, 2.45) is 0 Å². The fraction of sp³-hybridized carbons (Fsp3) is 0.211. The van der Waals surface area contributed by atoms with Crippen molar-refractivity contribution in [2.45, 2.75) is 19.1 Å². The van der Waals surface area contributed by atoms with Crippen molar-refractivity contribution in [1.29, 1.82) is 0 Å². The molecular weight excluding hydrogens is 374 g/mol. The quantitative estimate of drug-likeness (QED) is 0.597. The first-order valence-corrected chi connectivity index (χ1v) is 9.53. The minimum atomic E-state index is -2.69. The topological polar surface area (TPSA) is 64.4 Å². The molecule has 0 saturated heterocycles. The molecule has 1 heterocycles. The first-order chi connectivity index (χ1) is 13.0. The van der Waals surface area contributed by atoms with Crippen molar-refractivity contribution in [2.75, 3.05) is 6.61 Å². The van der Waals surface area contributed by atoms with Crippen molar-refractivity contribution in [3.63, 3.8) is 0 Å². The molecule has 1 unspecified atom stereocenters. The highest BCUT2D eigenvalue weighted by Crippen LogP contribution is 2.29. The number of nitrogens with zero attached hydrogens (tertiary/aromatic N) is 2. The number of benzene rings is 2. The summed E-state index contributed by atoms with van der Waals surface area (Å²) in [6, 6.07) is 15.2. The molecule has 3 aromatic rings. The van der Waals surface area contributed by atoms with Gasteiger partial charge in [0.25, 0.3) is 6.43 Å². The largest absolute Gasteiger partial charge is 0.494 e. The van der Waals surface area contributed by atoms with Gasteiger partial charge in [-0.2, -0.15) is 5.10 Å². The molecule has 0 aliphatic carbocycles. The van der Waals surface area contributed by atoms with E-state index in [2.05, 4.69) is 5.10 Å². The Morgan fingerprint density at radius 2 is 1.81 bits per heavy atom. The van der Waals surface area contributed by atoms with Crippen LogP contribution in [0.2, 0.25) is 0 Å². The van der Waals surface area contributed by atoms with Gasteiger partial charge in [-0.25, -0.2) is 17.7 Å². The predicted molar refractivity (Wildman–Crippen MR) is 99.6 cm³/mol. The van der Waals surface area contributed by atoms with Crippen LogP contribution in [0.25, 0.3) is 16.9 Å². The molecule has 0 aliphatic rings. The predicted octanol–water partition coefficient (Wildman–Crippen LogP) is 4.60. The highest BCUT2D eigenvalue weighted by molar-refractivity contribution is 7.78. The molecular formula is C19H18F2N2O3S. The molecule has 0 spiro atoms. The maximum atomic E-state index is 13.2. The lowest BCUT2D eigenvalue weighted by Crippen LogP contribution is -2.01. The summed E-state index contributed by atoms with van der Waals surface area (Å²) in [7, 11) is 0. The third-order valence-corrected chi connectivity index (χ3v) is 4.46. The van der Waals surface area contributed by atoms with Crippen LogP contribution in [0, 0.1) is 0 Å². The summed E-state index contributed by atoms with van der Waals surface area (Å²) in [5.74, 6) is 0.700. The molecule has 1 atom stereocenters. The van der Waals surface area contributed by atoms with Gasteiger partial charge >= 0.3 is 0 Å². The number of hydrogen-bond donors (Lipinski definition) is 1. The van der Waals surface area contributed by atoms with E-state index in [4.69, 9.17) is 9.29 Å². The van der Waals surface area contributed by atoms with Gasteiger partial charge in [-0.05, 0) is 42.8 Å². The first kappa shape index (κ1) is 19.2. The maximum absolute atomic E-state index is 13.2. The average Bonchev–Trinajstić information content (AvgIpc) is 3.08. The van der Waals surface area contributed by atoms with Gasteiger partial charge in [-0.15, -0.1) is 0 Å². The third-order valence-electron chi connectivity index (χ3n) is 3.88. The SMILES string of the molecule is CCOc1ccc(-n2nc(C(F)F)cc2-c2ccc(CS(=O)O)cc2)cc1. The lowest BCUT2D eigenvalue weighted by molar-refractivity contribution is 0.145. The van der Waals surface area contributed by atoms with Crippen LogP contribution >= 0.6 is 0 Å². The van der Waals surface area contributed by atoms with E-state index >= 15 is 0 Å². The Kier molecular flexibility index (Phi) is 5.98. The number of alkyl halides is 2. The lowest BCUT2D eigenvalue weighted by Gasteiger charge is -2.09. The van der Waals surface area contributed by atoms with Gasteiger partial charge < -0.3 is 9.29 Å². The Morgan fingerprint density at radius 3 is 2.37 bits per heavy atom. The van der Waals surface area contributed by atoms with Crippen LogP contribution in [0.3, 0.4) is 0 Å². The van der Waals surface area contributed by atoms with Crippen molar-refractivity contribution in [3.05, 3.63) is 65.9 Å². The van der Waals surface area contributed by atoms with E-state index in [1.165, 1.54) is 10.7 Å². The van der Waals surface area contributed by atoms with Gasteiger partial charge in [0.15, 0.2) is 11.1 Å². The van der Waals surface area contributed by atoms with E-state index in [0.717, 1.165) is 0 Å². The van der Waals surface area contributed by atoms with Gasteiger partial charge in [0.05, 0.1) is 23.7 Å². The van der Waals surface area contributed by atoms with Gasteiger partial charge in [0.2, 0.25) is 0 Å². The molecule has 1 aromatic heterocycles. The molecule has 3 rings (SSSR count). The highest BCUT2D eigenvalue weighted by atomic mass is 32.2. The van der Waals surface area contributed by atoms with Gasteiger partial charge in [0.1, 0.15) is 11.4 Å². The molecule has 0 radical (unpaired) electrons. The van der Waals surface area contributed by atoms with Crippen LogP contribution in [0.15, 0.2) is 54.6 Å². The Balaban J connectivity index is 2.00. The minimum absolute atomic E-state index is 0.0146. The molecule has 0 saturated carbocycles. The van der Waals surface area contributed by atoms with Crippen molar-refractivity contribution >= 4 is 11.1 Å². The zero-order valence-electron chi connectivity index (χ0n) is 14.5. The Morgan fingerprint density at radius 1 is 1.15 bits per heavy atom. The second kappa shape index (κ2) is 8.41. The van der Waals surface area contributed by atoms with Crippen LogP contribution in [0.1, 0.15) is 24.6 Å². The Hall–Kier alpha value is -2.58. The maximum Gasteiger partial charge on any atom is 0.282 e. The average molecular weight is 392 g/mol. The molecule has 1 N–H and O–H groups in total. The third kappa shape index (κ3) is 4.58. The zero-order valence-corrected chi connectivity index (χ0v) is 15.3. The highest BCUT2D eigenvalue weighted by Gasteiger charge is 2.18. The van der Waals surface area contributed by atoms with Crippen LogP contribution in [0.5, 0.6) is 5.75 Å². The summed E-state index contributed by atoms with van der Waals surface area (Å²) in [6.45, 7) is 2.41. The number of rotatable bonds is 7. The molecule has 8 heteroatoms. The Bertz CT molecular complexity index is 925.